The highest BCUT2D eigenvalue weighted by Gasteiger charge is 2.05. The molecule has 5 heteroatoms. The number of benzene rings is 1. The van der Waals surface area contributed by atoms with Gasteiger partial charge in [0.1, 0.15) is 12.0 Å². The van der Waals surface area contributed by atoms with E-state index in [1.807, 2.05) is 37.6 Å². The van der Waals surface area contributed by atoms with Crippen LogP contribution in [-0.4, -0.2) is 18.3 Å². The van der Waals surface area contributed by atoms with Crippen LogP contribution >= 0.6 is 11.8 Å². The summed E-state index contributed by atoms with van der Waals surface area (Å²) in [4.78, 5) is 5.38. The van der Waals surface area contributed by atoms with E-state index in [0.717, 1.165) is 11.4 Å². The molecule has 0 atom stereocenters. The van der Waals surface area contributed by atoms with Crippen molar-refractivity contribution in [2.75, 3.05) is 13.3 Å². The fourth-order valence-corrected chi connectivity index (χ4v) is 1.75. The molecule has 2 aromatic rings. The maximum Gasteiger partial charge on any atom is 0.399 e. The second-order valence-corrected chi connectivity index (χ2v) is 4.29. The third kappa shape index (κ3) is 3.25. The molecule has 1 heterocycles. The third-order valence-electron chi connectivity index (χ3n) is 2.15. The molecule has 90 valence electrons. The Morgan fingerprint density at radius 2 is 2.12 bits per heavy atom. The first-order valence-corrected chi connectivity index (χ1v) is 6.45. The minimum absolute atomic E-state index is 0.271. The molecule has 1 aromatic heterocycles. The van der Waals surface area contributed by atoms with Crippen molar-refractivity contribution >= 4 is 11.8 Å². The molecule has 4 nitrogen and oxygen atoms in total. The van der Waals surface area contributed by atoms with Crippen LogP contribution in [0.4, 0.5) is 0 Å². The molecule has 1 N–H and O–H groups in total. The lowest BCUT2D eigenvalue weighted by Crippen LogP contribution is -2.04. The number of rotatable bonds is 5. The topological polar surface area (TPSA) is 47.3 Å². The van der Waals surface area contributed by atoms with Crippen LogP contribution in [0.1, 0.15) is 5.69 Å². The fraction of sp³-hybridized carbons (Fsp3) is 0.250. The van der Waals surface area contributed by atoms with Gasteiger partial charge in [0.25, 0.3) is 0 Å². The summed E-state index contributed by atoms with van der Waals surface area (Å²) in [6.07, 6.45) is 3.89. The lowest BCUT2D eigenvalue weighted by Gasteiger charge is -2.01. The van der Waals surface area contributed by atoms with Crippen LogP contribution in [0.5, 0.6) is 11.8 Å². The van der Waals surface area contributed by atoms with Gasteiger partial charge in [-0.25, -0.2) is 0 Å². The second-order valence-electron chi connectivity index (χ2n) is 3.41. The molecule has 0 spiro atoms. The van der Waals surface area contributed by atoms with Crippen LogP contribution < -0.4 is 10.1 Å². The van der Waals surface area contributed by atoms with Gasteiger partial charge < -0.3 is 14.5 Å². The molecule has 0 fully saturated rings. The van der Waals surface area contributed by atoms with Gasteiger partial charge in [-0.15, -0.1) is 11.8 Å². The Kier molecular flexibility index (Phi) is 4.06. The van der Waals surface area contributed by atoms with Gasteiger partial charge in [0.05, 0.1) is 5.69 Å². The highest BCUT2D eigenvalue weighted by atomic mass is 32.2. The molecule has 0 saturated heterocycles. The number of ether oxygens (including phenoxy) is 1. The van der Waals surface area contributed by atoms with Crippen LogP contribution in [0, 0.1) is 0 Å². The SMILES string of the molecule is CNCc1coc(Oc2ccc(SC)cc2)n1. The maximum atomic E-state index is 5.49. The van der Waals surface area contributed by atoms with E-state index in [9.17, 15) is 0 Å². The summed E-state index contributed by atoms with van der Waals surface area (Å²) in [6, 6.07) is 7.79. The summed E-state index contributed by atoms with van der Waals surface area (Å²) in [5.74, 6) is 0.723. The highest BCUT2D eigenvalue weighted by molar-refractivity contribution is 7.98. The molecule has 1 aromatic carbocycles. The molecule has 2 rings (SSSR count). The number of hydrogen-bond acceptors (Lipinski definition) is 5. The van der Waals surface area contributed by atoms with E-state index >= 15 is 0 Å². The molecule has 0 bridgehead atoms. The third-order valence-corrected chi connectivity index (χ3v) is 2.90. The van der Waals surface area contributed by atoms with Gasteiger partial charge in [-0.1, -0.05) is 0 Å². The van der Waals surface area contributed by atoms with Crippen molar-refractivity contribution in [1.29, 1.82) is 0 Å². The molecule has 0 aliphatic carbocycles. The Hall–Kier alpha value is -1.46. The van der Waals surface area contributed by atoms with Gasteiger partial charge in [0.15, 0.2) is 0 Å². The molecular formula is C12H14N2O2S. The van der Waals surface area contributed by atoms with Crippen molar-refractivity contribution < 1.29 is 9.15 Å². The summed E-state index contributed by atoms with van der Waals surface area (Å²) >= 11 is 1.69. The first-order valence-electron chi connectivity index (χ1n) is 5.22. The van der Waals surface area contributed by atoms with Gasteiger partial charge in [-0.3, -0.25) is 0 Å². The van der Waals surface area contributed by atoms with Crippen LogP contribution in [0.3, 0.4) is 0 Å². The number of thioether (sulfide) groups is 1. The lowest BCUT2D eigenvalue weighted by atomic mass is 10.3. The van der Waals surface area contributed by atoms with Crippen molar-refractivity contribution in [3.63, 3.8) is 0 Å². The Balaban J connectivity index is 2.03. The number of hydrogen-bond donors (Lipinski definition) is 1. The first kappa shape index (κ1) is 12.0. The normalized spacial score (nSPS) is 10.5. The van der Waals surface area contributed by atoms with Gasteiger partial charge >= 0.3 is 6.08 Å². The molecule has 17 heavy (non-hydrogen) atoms. The number of nitrogens with one attached hydrogen (secondary N) is 1. The Morgan fingerprint density at radius 1 is 1.35 bits per heavy atom. The quantitative estimate of drug-likeness (QED) is 0.827. The Bertz CT molecular complexity index is 468. The monoisotopic (exact) mass is 250 g/mol. The van der Waals surface area contributed by atoms with Crippen LogP contribution in [0.25, 0.3) is 0 Å². The van der Waals surface area contributed by atoms with Gasteiger partial charge in [0, 0.05) is 11.4 Å². The Morgan fingerprint density at radius 3 is 2.76 bits per heavy atom. The van der Waals surface area contributed by atoms with Crippen LogP contribution in [-0.2, 0) is 6.54 Å². The van der Waals surface area contributed by atoms with Crippen molar-refractivity contribution in [3.05, 3.63) is 36.2 Å². The van der Waals surface area contributed by atoms with Crippen molar-refractivity contribution in [2.45, 2.75) is 11.4 Å². The minimum atomic E-state index is 0.271. The Labute approximate surface area is 104 Å². The van der Waals surface area contributed by atoms with Crippen molar-refractivity contribution in [1.82, 2.24) is 10.3 Å². The molecule has 0 amide bonds. The summed E-state index contributed by atoms with van der Waals surface area (Å²) in [5.41, 5.74) is 0.822. The molecule has 0 unspecified atom stereocenters. The molecule has 0 saturated carbocycles. The summed E-state index contributed by atoms with van der Waals surface area (Å²) in [6.45, 7) is 0.665. The van der Waals surface area contributed by atoms with Crippen LogP contribution in [0.15, 0.2) is 39.8 Å². The predicted molar refractivity (Wildman–Crippen MR) is 67.6 cm³/mol. The van der Waals surface area contributed by atoms with E-state index in [2.05, 4.69) is 10.3 Å². The largest absolute Gasteiger partial charge is 0.417 e. The molecule has 0 aliphatic heterocycles. The molecule has 0 radical (unpaired) electrons. The van der Waals surface area contributed by atoms with Crippen molar-refractivity contribution in [3.8, 4) is 11.8 Å². The first-order chi connectivity index (χ1) is 8.31. The van der Waals surface area contributed by atoms with E-state index in [4.69, 9.17) is 9.15 Å². The van der Waals surface area contributed by atoms with E-state index in [0.29, 0.717) is 6.54 Å². The van der Waals surface area contributed by atoms with E-state index in [1.54, 1.807) is 18.0 Å². The van der Waals surface area contributed by atoms with E-state index < -0.39 is 0 Å². The number of oxazole rings is 1. The van der Waals surface area contributed by atoms with Gasteiger partial charge in [0.2, 0.25) is 0 Å². The van der Waals surface area contributed by atoms with Crippen molar-refractivity contribution in [2.24, 2.45) is 0 Å². The fourth-order valence-electron chi connectivity index (χ4n) is 1.34. The van der Waals surface area contributed by atoms with Gasteiger partial charge in [-0.2, -0.15) is 4.98 Å². The lowest BCUT2D eigenvalue weighted by molar-refractivity contribution is 0.330. The van der Waals surface area contributed by atoms with E-state index in [-0.39, 0.29) is 6.08 Å². The number of aromatic nitrogens is 1. The van der Waals surface area contributed by atoms with Gasteiger partial charge in [-0.05, 0) is 37.6 Å². The predicted octanol–water partition coefficient (Wildman–Crippen LogP) is 2.91. The number of nitrogens with zero attached hydrogens (tertiary/aromatic N) is 1. The molecular weight excluding hydrogens is 236 g/mol. The zero-order valence-corrected chi connectivity index (χ0v) is 10.6. The van der Waals surface area contributed by atoms with Crippen LogP contribution in [0.2, 0.25) is 0 Å². The summed E-state index contributed by atoms with van der Waals surface area (Å²) in [5, 5.41) is 3.00. The highest BCUT2D eigenvalue weighted by Crippen LogP contribution is 2.23. The standard InChI is InChI=1S/C12H14N2O2S/c1-13-7-9-8-15-12(14-9)16-10-3-5-11(17-2)6-4-10/h3-6,8,13H,7H2,1-2H3. The smallest absolute Gasteiger partial charge is 0.399 e. The second kappa shape index (κ2) is 5.75. The average Bonchev–Trinajstić information content (AvgIpc) is 2.78. The molecule has 0 aliphatic rings. The zero-order chi connectivity index (χ0) is 12.1. The van der Waals surface area contributed by atoms with E-state index in [1.165, 1.54) is 4.90 Å². The minimum Gasteiger partial charge on any atom is -0.417 e. The zero-order valence-electron chi connectivity index (χ0n) is 9.77. The summed E-state index contributed by atoms with van der Waals surface area (Å²) in [7, 11) is 1.86. The average molecular weight is 250 g/mol. The summed E-state index contributed by atoms with van der Waals surface area (Å²) < 4.78 is 10.7. The maximum absolute atomic E-state index is 5.49.